The fourth-order valence-corrected chi connectivity index (χ4v) is 1.93. The summed E-state index contributed by atoms with van der Waals surface area (Å²) in [6, 6.07) is 5.51. The van der Waals surface area contributed by atoms with Gasteiger partial charge >= 0.3 is 12.0 Å². The van der Waals surface area contributed by atoms with Gasteiger partial charge in [-0.15, -0.1) is 0 Å². The van der Waals surface area contributed by atoms with Crippen LogP contribution in [0.1, 0.15) is 31.4 Å². The number of anilines is 1. The highest BCUT2D eigenvalue weighted by Crippen LogP contribution is 2.18. The lowest BCUT2D eigenvalue weighted by Crippen LogP contribution is -2.43. The number of hydrogen-bond acceptors (Lipinski definition) is 3. The first-order chi connectivity index (χ1) is 9.85. The van der Waals surface area contributed by atoms with E-state index < -0.39 is 18.0 Å². The number of nitriles is 1. The van der Waals surface area contributed by atoms with Crippen molar-refractivity contribution in [1.82, 2.24) is 5.32 Å². The normalized spacial score (nSPS) is 11.6. The van der Waals surface area contributed by atoms with Gasteiger partial charge in [-0.3, -0.25) is 0 Å². The molecule has 0 saturated heterocycles. The van der Waals surface area contributed by atoms with Crippen LogP contribution in [-0.4, -0.2) is 23.1 Å². The summed E-state index contributed by atoms with van der Waals surface area (Å²) < 4.78 is 0. The van der Waals surface area contributed by atoms with E-state index in [0.29, 0.717) is 17.7 Å². The Bertz CT molecular complexity index is 576. The molecule has 0 aliphatic rings. The maximum atomic E-state index is 11.9. The molecule has 0 aliphatic heterocycles. The van der Waals surface area contributed by atoms with Gasteiger partial charge in [0.15, 0.2) is 0 Å². The molecule has 2 amide bonds. The Morgan fingerprint density at radius 3 is 2.57 bits per heavy atom. The molecule has 112 valence electrons. The van der Waals surface area contributed by atoms with Crippen LogP contribution in [0.3, 0.4) is 0 Å². The quantitative estimate of drug-likeness (QED) is 0.774. The van der Waals surface area contributed by atoms with Crippen molar-refractivity contribution in [3.63, 3.8) is 0 Å². The second kappa shape index (κ2) is 7.29. The van der Waals surface area contributed by atoms with Crippen LogP contribution in [0.4, 0.5) is 10.5 Å². The summed E-state index contributed by atoms with van der Waals surface area (Å²) in [6.45, 7) is 5.52. The number of carboxylic acids is 1. The molecule has 0 spiro atoms. The molecule has 0 heterocycles. The van der Waals surface area contributed by atoms with Crippen LogP contribution < -0.4 is 10.6 Å². The highest BCUT2D eigenvalue weighted by Gasteiger charge is 2.21. The molecular formula is C15H19N3O3. The van der Waals surface area contributed by atoms with E-state index in [1.54, 1.807) is 25.1 Å². The maximum Gasteiger partial charge on any atom is 0.326 e. The van der Waals surface area contributed by atoms with Crippen LogP contribution in [0.5, 0.6) is 0 Å². The van der Waals surface area contributed by atoms with Gasteiger partial charge in [-0.25, -0.2) is 9.59 Å². The number of carbonyl (C=O) groups excluding carboxylic acids is 1. The average Bonchev–Trinajstić information content (AvgIpc) is 2.37. The molecule has 0 radical (unpaired) electrons. The fourth-order valence-electron chi connectivity index (χ4n) is 1.93. The fraction of sp³-hybridized carbons (Fsp3) is 0.400. The third kappa shape index (κ3) is 4.80. The number of nitrogens with zero attached hydrogens (tertiary/aromatic N) is 1. The highest BCUT2D eigenvalue weighted by atomic mass is 16.4. The molecule has 0 aromatic heterocycles. The summed E-state index contributed by atoms with van der Waals surface area (Å²) in [7, 11) is 0. The van der Waals surface area contributed by atoms with E-state index in [4.69, 9.17) is 10.4 Å². The Labute approximate surface area is 123 Å². The SMILES string of the molecule is Cc1cccc(NC(=O)N[C@H](CC(C)C)C(=O)O)c1C#N. The summed E-state index contributed by atoms with van der Waals surface area (Å²) in [4.78, 5) is 23.0. The highest BCUT2D eigenvalue weighted by molar-refractivity contribution is 5.93. The summed E-state index contributed by atoms with van der Waals surface area (Å²) in [6.07, 6.45) is 0.335. The topological polar surface area (TPSA) is 102 Å². The summed E-state index contributed by atoms with van der Waals surface area (Å²) >= 11 is 0. The first-order valence-electron chi connectivity index (χ1n) is 6.65. The molecule has 0 saturated carbocycles. The minimum atomic E-state index is -1.08. The lowest BCUT2D eigenvalue weighted by atomic mass is 10.0. The lowest BCUT2D eigenvalue weighted by molar-refractivity contribution is -0.139. The number of aliphatic carboxylic acids is 1. The molecule has 0 unspecified atom stereocenters. The molecule has 1 atom stereocenters. The van der Waals surface area contributed by atoms with Gasteiger partial charge in [0.25, 0.3) is 0 Å². The third-order valence-corrected chi connectivity index (χ3v) is 2.94. The van der Waals surface area contributed by atoms with E-state index >= 15 is 0 Å². The van der Waals surface area contributed by atoms with Crippen molar-refractivity contribution in [3.05, 3.63) is 29.3 Å². The van der Waals surface area contributed by atoms with Gasteiger partial charge in [-0.2, -0.15) is 5.26 Å². The van der Waals surface area contributed by atoms with Crippen molar-refractivity contribution in [3.8, 4) is 6.07 Å². The molecule has 3 N–H and O–H groups in total. The van der Waals surface area contributed by atoms with Gasteiger partial charge in [0.05, 0.1) is 11.3 Å². The van der Waals surface area contributed by atoms with Gasteiger partial charge < -0.3 is 15.7 Å². The lowest BCUT2D eigenvalue weighted by Gasteiger charge is -2.17. The molecule has 0 bridgehead atoms. The molecule has 6 heteroatoms. The largest absolute Gasteiger partial charge is 0.480 e. The minimum Gasteiger partial charge on any atom is -0.480 e. The number of aryl methyl sites for hydroxylation is 1. The van der Waals surface area contributed by atoms with Crippen LogP contribution in [0.2, 0.25) is 0 Å². The molecule has 1 rings (SSSR count). The van der Waals surface area contributed by atoms with Crippen molar-refractivity contribution < 1.29 is 14.7 Å². The van der Waals surface area contributed by atoms with Gasteiger partial charge in [0.2, 0.25) is 0 Å². The van der Waals surface area contributed by atoms with Crippen molar-refractivity contribution in [2.75, 3.05) is 5.32 Å². The maximum absolute atomic E-state index is 11.9. The van der Waals surface area contributed by atoms with Crippen molar-refractivity contribution in [2.45, 2.75) is 33.2 Å². The van der Waals surface area contributed by atoms with Gasteiger partial charge in [-0.1, -0.05) is 26.0 Å². The number of rotatable bonds is 5. The zero-order chi connectivity index (χ0) is 16.0. The van der Waals surface area contributed by atoms with Crippen molar-refractivity contribution in [2.24, 2.45) is 5.92 Å². The Kier molecular flexibility index (Phi) is 5.73. The number of benzene rings is 1. The zero-order valence-corrected chi connectivity index (χ0v) is 12.3. The number of nitrogens with one attached hydrogen (secondary N) is 2. The van der Waals surface area contributed by atoms with Gasteiger partial charge in [-0.05, 0) is 30.9 Å². The summed E-state index contributed by atoms with van der Waals surface area (Å²) in [5, 5.41) is 23.1. The summed E-state index contributed by atoms with van der Waals surface area (Å²) in [5.74, 6) is -0.941. The third-order valence-electron chi connectivity index (χ3n) is 2.94. The number of urea groups is 1. The van der Waals surface area contributed by atoms with E-state index in [0.717, 1.165) is 5.56 Å². The monoisotopic (exact) mass is 289 g/mol. The second-order valence-electron chi connectivity index (χ2n) is 5.23. The van der Waals surface area contributed by atoms with Crippen LogP contribution in [0.15, 0.2) is 18.2 Å². The predicted octanol–water partition coefficient (Wildman–Crippen LogP) is 2.49. The standard InChI is InChI=1S/C15H19N3O3/c1-9(2)7-13(14(19)20)18-15(21)17-12-6-4-5-10(3)11(12)8-16/h4-6,9,13H,7H2,1-3H3,(H,19,20)(H2,17,18,21)/t13-/m1/s1. The Hall–Kier alpha value is -2.55. The Balaban J connectivity index is 2.80. The first-order valence-corrected chi connectivity index (χ1v) is 6.65. The van der Waals surface area contributed by atoms with Gasteiger partial charge in [0, 0.05) is 0 Å². The summed E-state index contributed by atoms with van der Waals surface area (Å²) in [5.41, 5.74) is 1.47. The number of carbonyl (C=O) groups is 2. The van der Waals surface area contributed by atoms with E-state index in [2.05, 4.69) is 10.6 Å². The molecule has 6 nitrogen and oxygen atoms in total. The Morgan fingerprint density at radius 1 is 1.38 bits per heavy atom. The van der Waals surface area contributed by atoms with E-state index in [1.165, 1.54) is 0 Å². The van der Waals surface area contributed by atoms with E-state index in [1.807, 2.05) is 19.9 Å². The van der Waals surface area contributed by atoms with Crippen LogP contribution in [0, 0.1) is 24.2 Å². The molecule has 0 aliphatic carbocycles. The van der Waals surface area contributed by atoms with E-state index in [9.17, 15) is 9.59 Å². The van der Waals surface area contributed by atoms with Crippen LogP contribution in [0.25, 0.3) is 0 Å². The minimum absolute atomic E-state index is 0.139. The van der Waals surface area contributed by atoms with Crippen molar-refractivity contribution in [1.29, 1.82) is 5.26 Å². The number of carboxylic acid groups (broad SMARTS) is 1. The van der Waals surface area contributed by atoms with Crippen LogP contribution in [-0.2, 0) is 4.79 Å². The molecular weight excluding hydrogens is 270 g/mol. The average molecular weight is 289 g/mol. The molecule has 21 heavy (non-hydrogen) atoms. The smallest absolute Gasteiger partial charge is 0.326 e. The molecule has 0 fully saturated rings. The Morgan fingerprint density at radius 2 is 2.05 bits per heavy atom. The van der Waals surface area contributed by atoms with Crippen LogP contribution >= 0.6 is 0 Å². The molecule has 1 aromatic carbocycles. The van der Waals surface area contributed by atoms with Crippen molar-refractivity contribution >= 4 is 17.7 Å². The zero-order valence-electron chi connectivity index (χ0n) is 12.3. The second-order valence-corrected chi connectivity index (χ2v) is 5.23. The first kappa shape index (κ1) is 16.5. The number of amides is 2. The number of hydrogen-bond donors (Lipinski definition) is 3. The molecule has 1 aromatic rings. The van der Waals surface area contributed by atoms with Gasteiger partial charge in [0.1, 0.15) is 12.1 Å². The van der Waals surface area contributed by atoms with E-state index in [-0.39, 0.29) is 5.92 Å². The predicted molar refractivity (Wildman–Crippen MR) is 78.9 cm³/mol.